The highest BCUT2D eigenvalue weighted by atomic mass is 16.1. The number of rotatable bonds is 4. The first-order valence-corrected chi connectivity index (χ1v) is 12.5. The minimum absolute atomic E-state index is 0.0547. The second-order valence-electron chi connectivity index (χ2n) is 9.91. The van der Waals surface area contributed by atoms with Gasteiger partial charge in [0.05, 0.1) is 17.8 Å². The third-order valence-electron chi connectivity index (χ3n) is 8.30. The quantitative estimate of drug-likeness (QED) is 0.339. The van der Waals surface area contributed by atoms with Crippen molar-refractivity contribution in [1.29, 1.82) is 0 Å². The van der Waals surface area contributed by atoms with E-state index in [4.69, 9.17) is 0 Å². The van der Waals surface area contributed by atoms with Gasteiger partial charge in [-0.2, -0.15) is 0 Å². The molecule has 3 aliphatic rings. The van der Waals surface area contributed by atoms with Crippen LogP contribution in [-0.4, -0.2) is 11.6 Å². The van der Waals surface area contributed by atoms with Gasteiger partial charge in [0.15, 0.2) is 5.78 Å². The second kappa shape index (κ2) is 7.86. The Morgan fingerprint density at radius 1 is 0.528 bits per heavy atom. The van der Waals surface area contributed by atoms with Crippen molar-refractivity contribution in [3.63, 3.8) is 0 Å². The minimum Gasteiger partial charge on any atom is -0.298 e. The molecule has 2 heteroatoms. The van der Waals surface area contributed by atoms with Crippen molar-refractivity contribution in [1.82, 2.24) is 0 Å². The lowest BCUT2D eigenvalue weighted by atomic mass is 9.57. The molecule has 0 unspecified atom stereocenters. The molecule has 0 spiro atoms. The molecule has 1 fully saturated rings. The Morgan fingerprint density at radius 3 is 1.56 bits per heavy atom. The number of carbonyl (C=O) groups excluding carboxylic acids is 2. The predicted octanol–water partition coefficient (Wildman–Crippen LogP) is 6.65. The lowest BCUT2D eigenvalue weighted by Gasteiger charge is -2.43. The monoisotopic (exact) mass is 464 g/mol. The molecule has 1 saturated carbocycles. The maximum absolute atomic E-state index is 14.4. The molecule has 3 aliphatic carbocycles. The van der Waals surface area contributed by atoms with Gasteiger partial charge in [0.25, 0.3) is 0 Å². The van der Waals surface area contributed by atoms with Gasteiger partial charge in [0.1, 0.15) is 5.78 Å². The molecule has 36 heavy (non-hydrogen) atoms. The summed E-state index contributed by atoms with van der Waals surface area (Å²) >= 11 is 0. The maximum Gasteiger partial charge on any atom is 0.161 e. The van der Waals surface area contributed by atoms with Gasteiger partial charge >= 0.3 is 0 Å². The minimum atomic E-state index is -0.731. The average molecular weight is 465 g/mol. The summed E-state index contributed by atoms with van der Waals surface area (Å²) in [4.78, 5) is 28.4. The lowest BCUT2D eigenvalue weighted by molar-refractivity contribution is -0.124. The highest BCUT2D eigenvalue weighted by Gasteiger charge is 2.72. The zero-order chi connectivity index (χ0) is 24.3. The van der Waals surface area contributed by atoms with Crippen LogP contribution in [0.15, 0.2) is 127 Å². The average Bonchev–Trinajstić information content (AvgIpc) is 3.52. The van der Waals surface area contributed by atoms with E-state index in [9.17, 15) is 9.59 Å². The molecule has 0 saturated heterocycles. The van der Waals surface area contributed by atoms with Crippen LogP contribution in [0.3, 0.4) is 0 Å². The Labute approximate surface area is 210 Å². The Morgan fingerprint density at radius 2 is 1.00 bits per heavy atom. The Hall–Kier alpha value is -4.30. The fourth-order valence-electron chi connectivity index (χ4n) is 7.12. The largest absolute Gasteiger partial charge is 0.298 e. The summed E-state index contributed by atoms with van der Waals surface area (Å²) in [6, 6.07) is 40.8. The van der Waals surface area contributed by atoms with Gasteiger partial charge in [-0.1, -0.05) is 121 Å². The summed E-state index contributed by atoms with van der Waals surface area (Å²) < 4.78 is 0. The SMILES string of the molecule is O=C1[C@@H]2C(c3ccccc3)=C(c3ccccc3)[C@H]1[C@@]1(c3ccccc3)C(c3ccccc3)=CC(=O)[C@@H]21. The molecule has 0 aliphatic heterocycles. The molecule has 2 nitrogen and oxygen atoms in total. The van der Waals surface area contributed by atoms with E-state index in [1.165, 1.54) is 0 Å². The molecule has 0 N–H and O–H groups in total. The molecule has 0 amide bonds. The zero-order valence-electron chi connectivity index (χ0n) is 19.7. The Balaban J connectivity index is 1.59. The number of allylic oxidation sites excluding steroid dienone is 4. The topological polar surface area (TPSA) is 34.1 Å². The number of benzene rings is 4. The van der Waals surface area contributed by atoms with Gasteiger partial charge in [0.2, 0.25) is 0 Å². The summed E-state index contributed by atoms with van der Waals surface area (Å²) in [7, 11) is 0. The zero-order valence-corrected chi connectivity index (χ0v) is 19.7. The predicted molar refractivity (Wildman–Crippen MR) is 143 cm³/mol. The van der Waals surface area contributed by atoms with E-state index < -0.39 is 23.2 Å². The number of carbonyl (C=O) groups is 2. The van der Waals surface area contributed by atoms with Crippen molar-refractivity contribution < 1.29 is 9.59 Å². The number of hydrogen-bond acceptors (Lipinski definition) is 2. The summed E-state index contributed by atoms with van der Waals surface area (Å²) in [5, 5.41) is 0. The number of fused-ring (bicyclic) bond motifs is 5. The first-order valence-electron chi connectivity index (χ1n) is 12.5. The van der Waals surface area contributed by atoms with E-state index >= 15 is 0 Å². The van der Waals surface area contributed by atoms with Gasteiger partial charge in [0, 0.05) is 5.41 Å². The smallest absolute Gasteiger partial charge is 0.161 e. The second-order valence-corrected chi connectivity index (χ2v) is 9.91. The van der Waals surface area contributed by atoms with E-state index in [0.717, 1.165) is 39.0 Å². The Kier molecular flexibility index (Phi) is 4.59. The third kappa shape index (κ3) is 2.67. The Bertz CT molecular complexity index is 1550. The van der Waals surface area contributed by atoms with E-state index in [0.29, 0.717) is 0 Å². The van der Waals surface area contributed by atoms with Gasteiger partial charge in [-0.3, -0.25) is 9.59 Å². The van der Waals surface area contributed by atoms with Crippen LogP contribution in [0.2, 0.25) is 0 Å². The highest BCUT2D eigenvalue weighted by molar-refractivity contribution is 6.26. The molecule has 0 heterocycles. The van der Waals surface area contributed by atoms with E-state index in [1.54, 1.807) is 0 Å². The molecule has 4 aromatic carbocycles. The summed E-state index contributed by atoms with van der Waals surface area (Å²) in [6.07, 6.45) is 1.83. The van der Waals surface area contributed by atoms with Crippen LogP contribution in [0.4, 0.5) is 0 Å². The number of Topliss-reactive ketones (excluding diaryl/α,β-unsaturated/α-hetero) is 1. The first-order chi connectivity index (χ1) is 17.7. The first kappa shape index (κ1) is 21.0. The van der Waals surface area contributed by atoms with Crippen LogP contribution in [0.1, 0.15) is 22.3 Å². The van der Waals surface area contributed by atoms with Crippen LogP contribution >= 0.6 is 0 Å². The molecule has 0 radical (unpaired) electrons. The normalized spacial score (nSPS) is 26.3. The van der Waals surface area contributed by atoms with Gasteiger partial charge < -0.3 is 0 Å². The molecule has 7 rings (SSSR count). The van der Waals surface area contributed by atoms with Crippen molar-refractivity contribution in [3.8, 4) is 0 Å². The summed E-state index contributed by atoms with van der Waals surface area (Å²) in [5.74, 6) is -1.14. The van der Waals surface area contributed by atoms with Crippen LogP contribution in [0.5, 0.6) is 0 Å². The lowest BCUT2D eigenvalue weighted by Crippen LogP contribution is -2.42. The molecule has 4 aromatic rings. The van der Waals surface area contributed by atoms with E-state index in [2.05, 4.69) is 48.5 Å². The summed E-state index contributed by atoms with van der Waals surface area (Å²) in [5.41, 5.74) is 6.44. The number of hydrogen-bond donors (Lipinski definition) is 0. The van der Waals surface area contributed by atoms with Gasteiger partial charge in [-0.25, -0.2) is 0 Å². The molecule has 0 aromatic heterocycles. The van der Waals surface area contributed by atoms with Crippen molar-refractivity contribution >= 4 is 28.3 Å². The molecule has 2 bridgehead atoms. The van der Waals surface area contributed by atoms with Gasteiger partial charge in [-0.15, -0.1) is 0 Å². The molecule has 172 valence electrons. The van der Waals surface area contributed by atoms with Crippen LogP contribution in [-0.2, 0) is 15.0 Å². The van der Waals surface area contributed by atoms with Crippen molar-refractivity contribution in [2.45, 2.75) is 5.41 Å². The summed E-state index contributed by atoms with van der Waals surface area (Å²) in [6.45, 7) is 0. The van der Waals surface area contributed by atoms with E-state index in [1.807, 2.05) is 78.9 Å². The van der Waals surface area contributed by atoms with Crippen LogP contribution in [0, 0.1) is 17.8 Å². The fourth-order valence-corrected chi connectivity index (χ4v) is 7.12. The standard InChI is InChI=1S/C34H24O2/c35-27-21-26(22-13-5-1-6-14-22)34(25-19-11-4-12-20-25)31(27)30-28(23-15-7-2-8-16-23)29(32(34)33(30)36)24-17-9-3-10-18-24/h1-21,30-32H/t30-,31+,32-,34+/m1/s1. The highest BCUT2D eigenvalue weighted by Crippen LogP contribution is 2.71. The number of ketones is 2. The molecule has 4 atom stereocenters. The van der Waals surface area contributed by atoms with Crippen LogP contribution < -0.4 is 0 Å². The van der Waals surface area contributed by atoms with E-state index in [-0.39, 0.29) is 11.6 Å². The van der Waals surface area contributed by atoms with Crippen molar-refractivity contribution in [2.75, 3.05) is 0 Å². The fraction of sp³-hybridized carbons (Fsp3) is 0.118. The maximum atomic E-state index is 14.4. The van der Waals surface area contributed by atoms with Crippen LogP contribution in [0.25, 0.3) is 16.7 Å². The van der Waals surface area contributed by atoms with Crippen molar-refractivity contribution in [2.24, 2.45) is 17.8 Å². The third-order valence-corrected chi connectivity index (χ3v) is 8.30. The van der Waals surface area contributed by atoms with Gasteiger partial charge in [-0.05, 0) is 45.0 Å². The molecular formula is C34H24O2. The molecular weight excluding hydrogens is 440 g/mol. The van der Waals surface area contributed by atoms with Crippen molar-refractivity contribution in [3.05, 3.63) is 150 Å².